The van der Waals surface area contributed by atoms with Crippen molar-refractivity contribution in [2.24, 2.45) is 0 Å². The Bertz CT molecular complexity index is 558. The predicted molar refractivity (Wildman–Crippen MR) is 69.0 cm³/mol. The molecule has 0 saturated carbocycles. The molecular weight excluding hydrogens is 244 g/mol. The third kappa shape index (κ3) is 3.64. The molecule has 0 bridgehead atoms. The van der Waals surface area contributed by atoms with E-state index in [0.717, 1.165) is 5.56 Å². The van der Waals surface area contributed by atoms with Crippen molar-refractivity contribution in [3.05, 3.63) is 47.2 Å². The molecule has 0 fully saturated rings. The smallest absolute Gasteiger partial charge is 0.312 e. The Hall–Kier alpha value is -2.17. The molecule has 1 aromatic heterocycles. The molecule has 100 valence electrons. The van der Waals surface area contributed by atoms with E-state index in [9.17, 15) is 4.79 Å². The van der Waals surface area contributed by atoms with Gasteiger partial charge < -0.3 is 9.52 Å². The van der Waals surface area contributed by atoms with Gasteiger partial charge in [0.25, 0.3) is 0 Å². The minimum Gasteiger partial charge on any atom is -0.481 e. The number of nitrogens with zero attached hydrogens (tertiary/aromatic N) is 2. The highest BCUT2D eigenvalue weighted by molar-refractivity contribution is 5.68. The number of carbonyl (C=O) groups is 1. The highest BCUT2D eigenvalue weighted by atomic mass is 16.4. The topological polar surface area (TPSA) is 76.2 Å². The van der Waals surface area contributed by atoms with Crippen molar-refractivity contribution in [3.63, 3.8) is 0 Å². The first-order valence-electron chi connectivity index (χ1n) is 6.16. The normalized spacial score (nSPS) is 10.9. The van der Waals surface area contributed by atoms with E-state index in [0.29, 0.717) is 18.2 Å². The summed E-state index contributed by atoms with van der Waals surface area (Å²) in [7, 11) is 0. The summed E-state index contributed by atoms with van der Waals surface area (Å²) in [4.78, 5) is 10.5. The summed E-state index contributed by atoms with van der Waals surface area (Å²) < 4.78 is 5.27. The van der Waals surface area contributed by atoms with Crippen molar-refractivity contribution in [2.75, 3.05) is 0 Å². The lowest BCUT2D eigenvalue weighted by Gasteiger charge is -2.05. The second kappa shape index (κ2) is 5.65. The van der Waals surface area contributed by atoms with E-state index in [1.54, 1.807) is 0 Å². The van der Waals surface area contributed by atoms with Gasteiger partial charge in [-0.1, -0.05) is 38.1 Å². The van der Waals surface area contributed by atoms with Gasteiger partial charge in [-0.3, -0.25) is 4.79 Å². The van der Waals surface area contributed by atoms with Crippen LogP contribution in [0.3, 0.4) is 0 Å². The van der Waals surface area contributed by atoms with Crippen molar-refractivity contribution in [1.29, 1.82) is 0 Å². The predicted octanol–water partition coefficient (Wildman–Crippen LogP) is 2.41. The summed E-state index contributed by atoms with van der Waals surface area (Å²) in [5.41, 5.74) is 2.34. The zero-order chi connectivity index (χ0) is 13.8. The second-order valence-electron chi connectivity index (χ2n) is 4.73. The van der Waals surface area contributed by atoms with Gasteiger partial charge in [-0.2, -0.15) is 0 Å². The van der Waals surface area contributed by atoms with E-state index in [2.05, 4.69) is 36.2 Å². The summed E-state index contributed by atoms with van der Waals surface area (Å²) in [6, 6.07) is 8.20. The molecule has 0 aliphatic heterocycles. The number of benzene rings is 1. The van der Waals surface area contributed by atoms with Crippen LogP contribution in [0.4, 0.5) is 0 Å². The van der Waals surface area contributed by atoms with Gasteiger partial charge in [0.1, 0.15) is 6.42 Å². The van der Waals surface area contributed by atoms with Crippen LogP contribution in [0.15, 0.2) is 28.7 Å². The molecule has 1 N–H and O–H groups in total. The van der Waals surface area contributed by atoms with Crippen LogP contribution < -0.4 is 0 Å². The van der Waals surface area contributed by atoms with E-state index < -0.39 is 5.97 Å². The van der Waals surface area contributed by atoms with Gasteiger partial charge >= 0.3 is 5.97 Å². The van der Waals surface area contributed by atoms with Gasteiger partial charge in [0.15, 0.2) is 0 Å². The first kappa shape index (κ1) is 13.3. The van der Waals surface area contributed by atoms with E-state index in [-0.39, 0.29) is 12.3 Å². The fraction of sp³-hybridized carbons (Fsp3) is 0.357. The largest absolute Gasteiger partial charge is 0.481 e. The Kier molecular flexibility index (Phi) is 3.94. The number of aromatic nitrogens is 2. The van der Waals surface area contributed by atoms with E-state index >= 15 is 0 Å². The molecule has 2 rings (SSSR count). The van der Waals surface area contributed by atoms with Gasteiger partial charge in [0.05, 0.1) is 6.42 Å². The molecule has 0 aliphatic rings. The number of aliphatic carboxylic acids is 1. The fourth-order valence-electron chi connectivity index (χ4n) is 1.76. The molecule has 19 heavy (non-hydrogen) atoms. The van der Waals surface area contributed by atoms with Crippen LogP contribution in [0.25, 0.3) is 0 Å². The van der Waals surface area contributed by atoms with Gasteiger partial charge in [0, 0.05) is 0 Å². The first-order valence-corrected chi connectivity index (χ1v) is 6.16. The number of rotatable bonds is 5. The monoisotopic (exact) mass is 260 g/mol. The van der Waals surface area contributed by atoms with Crippen LogP contribution >= 0.6 is 0 Å². The lowest BCUT2D eigenvalue weighted by Crippen LogP contribution is -1.99. The van der Waals surface area contributed by atoms with E-state index in [1.807, 2.05) is 12.1 Å². The van der Waals surface area contributed by atoms with Gasteiger partial charge in [-0.25, -0.2) is 0 Å². The molecule has 0 saturated heterocycles. The molecule has 2 aromatic rings. The highest BCUT2D eigenvalue weighted by Gasteiger charge is 2.10. The highest BCUT2D eigenvalue weighted by Crippen LogP contribution is 2.16. The fourth-order valence-corrected chi connectivity index (χ4v) is 1.76. The Labute approximate surface area is 111 Å². The minimum absolute atomic E-state index is 0.140. The summed E-state index contributed by atoms with van der Waals surface area (Å²) in [5.74, 6) is 0.103. The van der Waals surface area contributed by atoms with Crippen molar-refractivity contribution >= 4 is 5.97 Å². The van der Waals surface area contributed by atoms with Crippen LogP contribution in [0, 0.1) is 0 Å². The molecule has 5 heteroatoms. The molecule has 1 aromatic carbocycles. The third-order valence-corrected chi connectivity index (χ3v) is 2.81. The van der Waals surface area contributed by atoms with Gasteiger partial charge in [-0.15, -0.1) is 10.2 Å². The quantitative estimate of drug-likeness (QED) is 0.893. The Morgan fingerprint density at radius 1 is 1.21 bits per heavy atom. The Morgan fingerprint density at radius 2 is 1.84 bits per heavy atom. The zero-order valence-corrected chi connectivity index (χ0v) is 11.0. The third-order valence-electron chi connectivity index (χ3n) is 2.81. The summed E-state index contributed by atoms with van der Waals surface area (Å²) in [6.45, 7) is 4.29. The number of hydrogen-bond acceptors (Lipinski definition) is 4. The van der Waals surface area contributed by atoms with Crippen molar-refractivity contribution in [1.82, 2.24) is 10.2 Å². The average molecular weight is 260 g/mol. The minimum atomic E-state index is -0.975. The standard InChI is InChI=1S/C14H16N2O3/c1-9(2)11-5-3-10(4-6-11)7-12-15-16-13(19-12)8-14(17)18/h3-6,9H,7-8H2,1-2H3,(H,17,18). The van der Waals surface area contributed by atoms with Gasteiger partial charge in [-0.05, 0) is 17.0 Å². The number of carboxylic acids is 1. The first-order chi connectivity index (χ1) is 9.04. The molecule has 0 aliphatic carbocycles. The lowest BCUT2D eigenvalue weighted by molar-refractivity contribution is -0.136. The second-order valence-corrected chi connectivity index (χ2v) is 4.73. The molecular formula is C14H16N2O3. The maximum absolute atomic E-state index is 10.5. The van der Waals surface area contributed by atoms with Crippen LogP contribution in [-0.2, 0) is 17.6 Å². The average Bonchev–Trinajstić information content (AvgIpc) is 2.76. The van der Waals surface area contributed by atoms with Crippen LogP contribution in [-0.4, -0.2) is 21.3 Å². The summed E-state index contributed by atoms with van der Waals surface area (Å²) in [6.07, 6.45) is 0.282. The number of hydrogen-bond donors (Lipinski definition) is 1. The van der Waals surface area contributed by atoms with Crippen LogP contribution in [0.5, 0.6) is 0 Å². The van der Waals surface area contributed by atoms with E-state index in [4.69, 9.17) is 9.52 Å². The molecule has 0 amide bonds. The molecule has 5 nitrogen and oxygen atoms in total. The Morgan fingerprint density at radius 3 is 2.42 bits per heavy atom. The summed E-state index contributed by atoms with van der Waals surface area (Å²) in [5, 5.41) is 16.2. The molecule has 0 unspecified atom stereocenters. The lowest BCUT2D eigenvalue weighted by atomic mass is 10.0. The van der Waals surface area contributed by atoms with Gasteiger partial charge in [0.2, 0.25) is 11.8 Å². The maximum atomic E-state index is 10.5. The zero-order valence-electron chi connectivity index (χ0n) is 11.0. The molecule has 0 atom stereocenters. The van der Waals surface area contributed by atoms with Crippen molar-refractivity contribution < 1.29 is 14.3 Å². The molecule has 0 spiro atoms. The SMILES string of the molecule is CC(C)c1ccc(Cc2nnc(CC(=O)O)o2)cc1. The van der Waals surface area contributed by atoms with Crippen LogP contribution in [0.2, 0.25) is 0 Å². The van der Waals surface area contributed by atoms with E-state index in [1.165, 1.54) is 5.56 Å². The Balaban J connectivity index is 2.04. The molecule has 1 heterocycles. The van der Waals surface area contributed by atoms with Crippen molar-refractivity contribution in [3.8, 4) is 0 Å². The molecule has 0 radical (unpaired) electrons. The van der Waals surface area contributed by atoms with Crippen molar-refractivity contribution in [2.45, 2.75) is 32.6 Å². The number of carboxylic acid groups (broad SMARTS) is 1. The maximum Gasteiger partial charge on any atom is 0.312 e. The summed E-state index contributed by atoms with van der Waals surface area (Å²) >= 11 is 0. The van der Waals surface area contributed by atoms with Crippen LogP contribution in [0.1, 0.15) is 42.7 Å².